The summed E-state index contributed by atoms with van der Waals surface area (Å²) in [5, 5.41) is 0. The van der Waals surface area contributed by atoms with Gasteiger partial charge in [-0.15, -0.1) is 0 Å². The molecular formula is C21H29N3O3S. The van der Waals surface area contributed by atoms with E-state index in [1.807, 2.05) is 38.4 Å². The fraction of sp³-hybridized carbons (Fsp3) is 0.476. The molecule has 2 aromatic rings. The summed E-state index contributed by atoms with van der Waals surface area (Å²) >= 11 is 0. The number of piperidine rings is 1. The van der Waals surface area contributed by atoms with Gasteiger partial charge < -0.3 is 4.74 Å². The van der Waals surface area contributed by atoms with Crippen LogP contribution in [-0.4, -0.2) is 45.0 Å². The van der Waals surface area contributed by atoms with Crippen LogP contribution in [0.1, 0.15) is 29.5 Å². The number of nitrogens with one attached hydrogen (secondary N) is 1. The average Bonchev–Trinajstić information content (AvgIpc) is 2.70. The molecule has 2 heterocycles. The van der Waals surface area contributed by atoms with E-state index < -0.39 is 10.0 Å². The highest BCUT2D eigenvalue weighted by molar-refractivity contribution is 7.89. The maximum atomic E-state index is 12.8. The predicted octanol–water partition coefficient (Wildman–Crippen LogP) is 2.90. The van der Waals surface area contributed by atoms with Crippen molar-refractivity contribution in [2.45, 2.75) is 38.1 Å². The van der Waals surface area contributed by atoms with Gasteiger partial charge in [0, 0.05) is 25.5 Å². The summed E-state index contributed by atoms with van der Waals surface area (Å²) < 4.78 is 33.7. The van der Waals surface area contributed by atoms with Crippen LogP contribution in [0.3, 0.4) is 0 Å². The van der Waals surface area contributed by atoms with Crippen LogP contribution in [0.25, 0.3) is 0 Å². The first-order chi connectivity index (χ1) is 13.4. The lowest BCUT2D eigenvalue weighted by atomic mass is 9.97. The number of sulfonamides is 1. The van der Waals surface area contributed by atoms with Gasteiger partial charge in [-0.1, -0.05) is 0 Å². The number of likely N-dealkylation sites (tertiary alicyclic amines) is 1. The molecule has 1 aliphatic heterocycles. The number of aromatic nitrogens is 1. The third kappa shape index (κ3) is 5.10. The molecule has 152 valence electrons. The molecule has 0 aliphatic carbocycles. The maximum Gasteiger partial charge on any atom is 0.244 e. The van der Waals surface area contributed by atoms with Crippen molar-refractivity contribution in [3.63, 3.8) is 0 Å². The lowest BCUT2D eigenvalue weighted by Crippen LogP contribution is -2.38. The molecule has 1 aromatic carbocycles. The number of rotatable bonds is 7. The number of aryl methyl sites for hydroxylation is 2. The molecule has 1 N–H and O–H groups in total. The van der Waals surface area contributed by atoms with Crippen LogP contribution in [0.4, 0.5) is 0 Å². The minimum absolute atomic E-state index is 0.216. The predicted molar refractivity (Wildman–Crippen MR) is 110 cm³/mol. The number of hydrogen-bond donors (Lipinski definition) is 1. The van der Waals surface area contributed by atoms with E-state index in [0.29, 0.717) is 18.2 Å². The largest absolute Gasteiger partial charge is 0.495 e. The lowest BCUT2D eigenvalue weighted by molar-refractivity contribution is 0.178. The van der Waals surface area contributed by atoms with E-state index in [2.05, 4.69) is 14.6 Å². The van der Waals surface area contributed by atoms with Crippen molar-refractivity contribution in [3.8, 4) is 5.75 Å². The summed E-state index contributed by atoms with van der Waals surface area (Å²) in [5.41, 5.74) is 3.21. The molecule has 1 fully saturated rings. The lowest BCUT2D eigenvalue weighted by Gasteiger charge is -2.32. The van der Waals surface area contributed by atoms with Crippen molar-refractivity contribution in [2.24, 2.45) is 5.92 Å². The fourth-order valence-electron chi connectivity index (χ4n) is 3.53. The number of nitrogens with zero attached hydrogens (tertiary/aromatic N) is 2. The highest BCUT2D eigenvalue weighted by Crippen LogP contribution is 2.27. The van der Waals surface area contributed by atoms with Crippen LogP contribution < -0.4 is 9.46 Å². The topological polar surface area (TPSA) is 71.5 Å². The standard InChI is InChI=1S/C21H29N3O3S/c1-16-12-20(27-3)21(13-17(16)2)28(25,26)23-14-18-6-10-24(11-7-18)15-19-4-8-22-9-5-19/h4-5,8-9,12-13,18,23H,6-7,10-11,14-15H2,1-3H3. The van der Waals surface area contributed by atoms with E-state index >= 15 is 0 Å². The van der Waals surface area contributed by atoms with Crippen molar-refractivity contribution >= 4 is 10.0 Å². The van der Waals surface area contributed by atoms with E-state index in [0.717, 1.165) is 43.6 Å². The normalized spacial score (nSPS) is 16.2. The second kappa shape index (κ2) is 9.03. The molecule has 0 unspecified atom stereocenters. The van der Waals surface area contributed by atoms with Gasteiger partial charge in [0.25, 0.3) is 0 Å². The minimum atomic E-state index is -3.60. The van der Waals surface area contributed by atoms with Gasteiger partial charge in [0.2, 0.25) is 10.0 Å². The van der Waals surface area contributed by atoms with E-state index in [9.17, 15) is 8.42 Å². The summed E-state index contributed by atoms with van der Waals surface area (Å²) in [7, 11) is -2.10. The summed E-state index contributed by atoms with van der Waals surface area (Å²) in [6.07, 6.45) is 5.60. The second-order valence-corrected chi connectivity index (χ2v) is 9.25. The first kappa shape index (κ1) is 20.8. The molecule has 6 nitrogen and oxygen atoms in total. The Hall–Kier alpha value is -1.96. The molecule has 0 spiro atoms. The molecule has 28 heavy (non-hydrogen) atoms. The van der Waals surface area contributed by atoms with Gasteiger partial charge in [-0.3, -0.25) is 9.88 Å². The molecule has 7 heteroatoms. The van der Waals surface area contributed by atoms with Crippen LogP contribution in [-0.2, 0) is 16.6 Å². The molecular weight excluding hydrogens is 374 g/mol. The maximum absolute atomic E-state index is 12.8. The highest BCUT2D eigenvalue weighted by Gasteiger charge is 2.24. The Morgan fingerprint density at radius 1 is 1.14 bits per heavy atom. The third-order valence-corrected chi connectivity index (χ3v) is 6.94. The van der Waals surface area contributed by atoms with Crippen LogP contribution in [0.15, 0.2) is 41.6 Å². The average molecular weight is 404 g/mol. The van der Waals surface area contributed by atoms with Crippen molar-refractivity contribution in [1.29, 1.82) is 0 Å². The first-order valence-corrected chi connectivity index (χ1v) is 11.1. The number of ether oxygens (including phenoxy) is 1. The van der Waals surface area contributed by atoms with Gasteiger partial charge in [0.05, 0.1) is 7.11 Å². The highest BCUT2D eigenvalue weighted by atomic mass is 32.2. The summed E-state index contributed by atoms with van der Waals surface area (Å²) in [6, 6.07) is 7.55. The number of benzene rings is 1. The Kier molecular flexibility index (Phi) is 6.69. The number of hydrogen-bond acceptors (Lipinski definition) is 5. The summed E-state index contributed by atoms with van der Waals surface area (Å²) in [5.74, 6) is 0.740. The first-order valence-electron chi connectivity index (χ1n) is 9.65. The number of methoxy groups -OCH3 is 1. The van der Waals surface area contributed by atoms with Crippen molar-refractivity contribution in [3.05, 3.63) is 53.3 Å². The quantitative estimate of drug-likeness (QED) is 0.770. The van der Waals surface area contributed by atoms with E-state index in [1.54, 1.807) is 12.1 Å². The zero-order chi connectivity index (χ0) is 20.1. The Morgan fingerprint density at radius 3 is 2.43 bits per heavy atom. The third-order valence-electron chi connectivity index (χ3n) is 5.49. The van der Waals surface area contributed by atoms with E-state index in [1.165, 1.54) is 12.7 Å². The summed E-state index contributed by atoms with van der Waals surface area (Å²) in [4.78, 5) is 6.68. The van der Waals surface area contributed by atoms with E-state index in [-0.39, 0.29) is 4.90 Å². The molecule has 3 rings (SSSR count). The van der Waals surface area contributed by atoms with Gasteiger partial charge in [-0.05, 0) is 86.7 Å². The van der Waals surface area contributed by atoms with Crippen molar-refractivity contribution in [2.75, 3.05) is 26.7 Å². The zero-order valence-electron chi connectivity index (χ0n) is 16.8. The Labute approximate surface area is 168 Å². The van der Waals surface area contributed by atoms with Gasteiger partial charge in [-0.25, -0.2) is 13.1 Å². The van der Waals surface area contributed by atoms with Crippen molar-refractivity contribution < 1.29 is 13.2 Å². The molecule has 0 radical (unpaired) electrons. The van der Waals surface area contributed by atoms with Crippen LogP contribution >= 0.6 is 0 Å². The number of pyridine rings is 1. The van der Waals surface area contributed by atoms with Crippen LogP contribution in [0.2, 0.25) is 0 Å². The van der Waals surface area contributed by atoms with Crippen LogP contribution in [0.5, 0.6) is 5.75 Å². The Bertz CT molecular complexity index is 893. The zero-order valence-corrected chi connectivity index (χ0v) is 17.6. The molecule has 1 aromatic heterocycles. The molecule has 0 amide bonds. The Balaban J connectivity index is 1.55. The minimum Gasteiger partial charge on any atom is -0.495 e. The monoisotopic (exact) mass is 403 g/mol. The van der Waals surface area contributed by atoms with Gasteiger partial charge in [0.1, 0.15) is 10.6 Å². The van der Waals surface area contributed by atoms with Crippen LogP contribution in [0, 0.1) is 19.8 Å². The van der Waals surface area contributed by atoms with Gasteiger partial charge in [-0.2, -0.15) is 0 Å². The smallest absolute Gasteiger partial charge is 0.244 e. The molecule has 1 saturated heterocycles. The van der Waals surface area contributed by atoms with Gasteiger partial charge >= 0.3 is 0 Å². The Morgan fingerprint density at radius 2 is 1.79 bits per heavy atom. The van der Waals surface area contributed by atoms with E-state index in [4.69, 9.17) is 4.74 Å². The summed E-state index contributed by atoms with van der Waals surface area (Å²) in [6.45, 7) is 7.18. The fourth-order valence-corrected chi connectivity index (χ4v) is 4.88. The SMILES string of the molecule is COc1cc(C)c(C)cc1S(=O)(=O)NCC1CCN(Cc2ccncc2)CC1. The second-order valence-electron chi connectivity index (χ2n) is 7.51. The molecule has 0 bridgehead atoms. The van der Waals surface area contributed by atoms with Crippen molar-refractivity contribution in [1.82, 2.24) is 14.6 Å². The molecule has 0 saturated carbocycles. The van der Waals surface area contributed by atoms with Gasteiger partial charge in [0.15, 0.2) is 0 Å². The molecule has 0 atom stereocenters. The molecule has 1 aliphatic rings.